The Labute approximate surface area is 127 Å². The average molecular weight is 298 g/mol. The van der Waals surface area contributed by atoms with Crippen LogP contribution in [-0.2, 0) is 4.79 Å². The van der Waals surface area contributed by atoms with Crippen LogP contribution in [0.25, 0.3) is 0 Å². The molecule has 1 saturated heterocycles. The van der Waals surface area contributed by atoms with E-state index in [1.807, 2.05) is 26.0 Å². The maximum Gasteiger partial charge on any atom is 0.238 e. The zero-order valence-corrected chi connectivity index (χ0v) is 13.0. The molecular formula is C15H24ClN3O. The number of nitrogens with one attached hydrogen (secondary N) is 1. The maximum atomic E-state index is 12.1. The van der Waals surface area contributed by atoms with Crippen LogP contribution >= 0.6 is 12.4 Å². The van der Waals surface area contributed by atoms with E-state index < -0.39 is 0 Å². The number of hydrogen-bond donors (Lipinski definition) is 2. The van der Waals surface area contributed by atoms with Gasteiger partial charge in [0.25, 0.3) is 0 Å². The van der Waals surface area contributed by atoms with Crippen molar-refractivity contribution in [2.24, 2.45) is 5.73 Å². The second-order valence-corrected chi connectivity index (χ2v) is 5.50. The molecule has 5 heteroatoms. The summed E-state index contributed by atoms with van der Waals surface area (Å²) < 4.78 is 0. The van der Waals surface area contributed by atoms with Crippen LogP contribution in [0, 0.1) is 13.8 Å². The third kappa shape index (κ3) is 4.78. The van der Waals surface area contributed by atoms with Crippen molar-refractivity contribution in [2.75, 3.05) is 25.0 Å². The molecule has 1 aromatic carbocycles. The highest BCUT2D eigenvalue weighted by molar-refractivity contribution is 5.93. The highest BCUT2D eigenvalue weighted by Crippen LogP contribution is 2.16. The third-order valence-electron chi connectivity index (χ3n) is 3.58. The van der Waals surface area contributed by atoms with E-state index >= 15 is 0 Å². The quantitative estimate of drug-likeness (QED) is 0.898. The first-order valence-electron chi connectivity index (χ1n) is 6.89. The Morgan fingerprint density at radius 2 is 2.20 bits per heavy atom. The molecular weight excluding hydrogens is 274 g/mol. The van der Waals surface area contributed by atoms with Crippen molar-refractivity contribution in [3.05, 3.63) is 29.3 Å². The van der Waals surface area contributed by atoms with E-state index in [1.54, 1.807) is 0 Å². The Kier molecular flexibility index (Phi) is 6.46. The van der Waals surface area contributed by atoms with Gasteiger partial charge < -0.3 is 11.1 Å². The van der Waals surface area contributed by atoms with Gasteiger partial charge >= 0.3 is 0 Å². The molecule has 1 atom stereocenters. The summed E-state index contributed by atoms with van der Waals surface area (Å²) in [5, 5.41) is 2.99. The molecule has 0 bridgehead atoms. The molecule has 112 valence electrons. The Morgan fingerprint density at radius 1 is 1.45 bits per heavy atom. The molecule has 4 nitrogen and oxygen atoms in total. The van der Waals surface area contributed by atoms with Gasteiger partial charge in [-0.3, -0.25) is 9.69 Å². The van der Waals surface area contributed by atoms with E-state index in [9.17, 15) is 4.79 Å². The summed E-state index contributed by atoms with van der Waals surface area (Å²) >= 11 is 0. The van der Waals surface area contributed by atoms with E-state index in [2.05, 4.69) is 16.3 Å². The fourth-order valence-corrected chi connectivity index (χ4v) is 2.50. The van der Waals surface area contributed by atoms with Crippen LogP contribution in [0.4, 0.5) is 5.69 Å². The number of hydrogen-bond acceptors (Lipinski definition) is 3. The molecule has 0 aromatic heterocycles. The smallest absolute Gasteiger partial charge is 0.238 e. The lowest BCUT2D eigenvalue weighted by molar-refractivity contribution is -0.117. The number of benzene rings is 1. The van der Waals surface area contributed by atoms with Gasteiger partial charge in [0.05, 0.1) is 6.54 Å². The molecule has 1 aromatic rings. The molecule has 1 heterocycles. The lowest BCUT2D eigenvalue weighted by Crippen LogP contribution is -2.45. The van der Waals surface area contributed by atoms with Crippen molar-refractivity contribution in [1.29, 1.82) is 0 Å². The predicted molar refractivity (Wildman–Crippen MR) is 85.4 cm³/mol. The number of carbonyl (C=O) groups is 1. The van der Waals surface area contributed by atoms with Crippen LogP contribution in [0.3, 0.4) is 0 Å². The van der Waals surface area contributed by atoms with Gasteiger partial charge in [0.2, 0.25) is 5.91 Å². The molecule has 0 aliphatic carbocycles. The minimum atomic E-state index is 0. The standard InChI is InChI=1S/C15H23N3O.ClH/c1-11-5-6-12(2)14(8-11)17-15(19)10-18-7-3-4-13(16)9-18;/h5-6,8,13H,3-4,7,9-10,16H2,1-2H3,(H,17,19);1H/t13-;/m1./s1. The molecule has 1 aliphatic heterocycles. The third-order valence-corrected chi connectivity index (χ3v) is 3.58. The first-order chi connectivity index (χ1) is 9.04. The topological polar surface area (TPSA) is 58.4 Å². The first kappa shape index (κ1) is 17.0. The van der Waals surface area contributed by atoms with Gasteiger partial charge in [-0.2, -0.15) is 0 Å². The Balaban J connectivity index is 0.00000200. The van der Waals surface area contributed by atoms with Crippen LogP contribution in [0.15, 0.2) is 18.2 Å². The van der Waals surface area contributed by atoms with Gasteiger partial charge in [-0.1, -0.05) is 12.1 Å². The number of amides is 1. The largest absolute Gasteiger partial charge is 0.327 e. The molecule has 20 heavy (non-hydrogen) atoms. The lowest BCUT2D eigenvalue weighted by atomic mass is 10.1. The van der Waals surface area contributed by atoms with Crippen molar-refractivity contribution in [1.82, 2.24) is 4.90 Å². The minimum Gasteiger partial charge on any atom is -0.327 e. The number of carbonyl (C=O) groups excluding carboxylic acids is 1. The summed E-state index contributed by atoms with van der Waals surface area (Å²) in [6.45, 7) is 6.25. The Hall–Kier alpha value is -1.10. The van der Waals surface area contributed by atoms with Crippen molar-refractivity contribution >= 4 is 24.0 Å². The molecule has 1 fully saturated rings. The summed E-state index contributed by atoms with van der Waals surface area (Å²) in [6.07, 6.45) is 2.15. The second-order valence-electron chi connectivity index (χ2n) is 5.50. The van der Waals surface area contributed by atoms with E-state index in [0.29, 0.717) is 6.54 Å². The van der Waals surface area contributed by atoms with Crippen LogP contribution < -0.4 is 11.1 Å². The molecule has 0 spiro atoms. The van der Waals surface area contributed by atoms with Gasteiger partial charge in [0.15, 0.2) is 0 Å². The molecule has 2 rings (SSSR count). The molecule has 1 aliphatic rings. The fourth-order valence-electron chi connectivity index (χ4n) is 2.50. The molecule has 1 amide bonds. The van der Waals surface area contributed by atoms with Gasteiger partial charge in [-0.05, 0) is 50.4 Å². The van der Waals surface area contributed by atoms with Gasteiger partial charge in [0.1, 0.15) is 0 Å². The van der Waals surface area contributed by atoms with E-state index in [-0.39, 0.29) is 24.4 Å². The van der Waals surface area contributed by atoms with Gasteiger partial charge in [0, 0.05) is 18.3 Å². The van der Waals surface area contributed by atoms with Gasteiger partial charge in [-0.15, -0.1) is 12.4 Å². The number of aryl methyl sites for hydroxylation is 2. The van der Waals surface area contributed by atoms with Gasteiger partial charge in [-0.25, -0.2) is 0 Å². The molecule has 3 N–H and O–H groups in total. The monoisotopic (exact) mass is 297 g/mol. The number of rotatable bonds is 3. The van der Waals surface area contributed by atoms with Crippen LogP contribution in [0.5, 0.6) is 0 Å². The first-order valence-corrected chi connectivity index (χ1v) is 6.89. The highest BCUT2D eigenvalue weighted by Gasteiger charge is 2.18. The highest BCUT2D eigenvalue weighted by atomic mass is 35.5. The van der Waals surface area contributed by atoms with Crippen LogP contribution in [0.1, 0.15) is 24.0 Å². The van der Waals surface area contributed by atoms with Crippen LogP contribution in [0.2, 0.25) is 0 Å². The Morgan fingerprint density at radius 3 is 2.90 bits per heavy atom. The number of nitrogens with zero attached hydrogens (tertiary/aromatic N) is 1. The van der Waals surface area contributed by atoms with E-state index in [1.165, 1.54) is 0 Å². The van der Waals surface area contributed by atoms with Crippen LogP contribution in [-0.4, -0.2) is 36.5 Å². The van der Waals surface area contributed by atoms with E-state index in [0.717, 1.165) is 42.7 Å². The van der Waals surface area contributed by atoms with Crippen molar-refractivity contribution in [3.63, 3.8) is 0 Å². The number of piperidine rings is 1. The SMILES string of the molecule is Cc1ccc(C)c(NC(=O)CN2CCC[C@@H](N)C2)c1.Cl. The summed E-state index contributed by atoms with van der Waals surface area (Å²) in [5.41, 5.74) is 9.08. The summed E-state index contributed by atoms with van der Waals surface area (Å²) in [6, 6.07) is 6.30. The predicted octanol–water partition coefficient (Wildman–Crippen LogP) is 2.09. The lowest BCUT2D eigenvalue weighted by Gasteiger charge is -2.30. The second kappa shape index (κ2) is 7.62. The molecule has 0 unspecified atom stereocenters. The zero-order valence-electron chi connectivity index (χ0n) is 12.2. The Bertz CT molecular complexity index is 464. The number of nitrogens with two attached hydrogens (primary N) is 1. The normalized spacial score (nSPS) is 19.2. The zero-order chi connectivity index (χ0) is 13.8. The number of halogens is 1. The maximum absolute atomic E-state index is 12.1. The summed E-state index contributed by atoms with van der Waals surface area (Å²) in [5.74, 6) is 0.0443. The van der Waals surface area contributed by atoms with E-state index in [4.69, 9.17) is 5.73 Å². The van der Waals surface area contributed by atoms with Crippen molar-refractivity contribution in [2.45, 2.75) is 32.7 Å². The van der Waals surface area contributed by atoms with Crippen molar-refractivity contribution < 1.29 is 4.79 Å². The summed E-state index contributed by atoms with van der Waals surface area (Å²) in [7, 11) is 0. The average Bonchev–Trinajstić information content (AvgIpc) is 2.34. The number of anilines is 1. The molecule has 0 radical (unpaired) electrons. The minimum absolute atomic E-state index is 0. The fraction of sp³-hybridized carbons (Fsp3) is 0.533. The van der Waals surface area contributed by atoms with Crippen molar-refractivity contribution in [3.8, 4) is 0 Å². The number of likely N-dealkylation sites (tertiary alicyclic amines) is 1. The molecule has 0 saturated carbocycles. The summed E-state index contributed by atoms with van der Waals surface area (Å²) in [4.78, 5) is 14.2.